The number of alkyl halides is 6. The fraction of sp³-hybridized carbons (Fsp3) is 0.294. The van der Waals surface area contributed by atoms with Gasteiger partial charge in [0, 0.05) is 18.9 Å². The molecule has 0 spiro atoms. The number of aryl methyl sites for hydroxylation is 1. The van der Waals surface area contributed by atoms with E-state index in [-0.39, 0.29) is 17.5 Å². The molecule has 2 aromatic heterocycles. The number of aromatic nitrogens is 4. The summed E-state index contributed by atoms with van der Waals surface area (Å²) in [6.45, 7) is -2.18. The predicted molar refractivity (Wildman–Crippen MR) is 89.8 cm³/mol. The molecule has 0 N–H and O–H groups in total. The molecule has 0 aliphatic carbocycles. The van der Waals surface area contributed by atoms with Crippen molar-refractivity contribution in [2.75, 3.05) is 11.4 Å². The van der Waals surface area contributed by atoms with Crippen LogP contribution in [0.15, 0.2) is 34.9 Å². The van der Waals surface area contributed by atoms with Crippen molar-refractivity contribution in [3.05, 3.63) is 47.5 Å². The first-order valence-electron chi connectivity index (χ1n) is 8.22. The van der Waals surface area contributed by atoms with Crippen molar-refractivity contribution in [1.29, 1.82) is 5.26 Å². The van der Waals surface area contributed by atoms with Gasteiger partial charge in [-0.05, 0) is 24.3 Å². The zero-order valence-electron chi connectivity index (χ0n) is 15.2. The molecular formula is C17H12F6N6O. The van der Waals surface area contributed by atoms with E-state index in [0.717, 1.165) is 12.1 Å². The van der Waals surface area contributed by atoms with Crippen LogP contribution in [0.2, 0.25) is 0 Å². The summed E-state index contributed by atoms with van der Waals surface area (Å²) in [5.41, 5.74) is -2.16. The van der Waals surface area contributed by atoms with Crippen LogP contribution in [0.5, 0.6) is 0 Å². The van der Waals surface area contributed by atoms with Crippen molar-refractivity contribution in [2.24, 2.45) is 7.05 Å². The zero-order valence-corrected chi connectivity index (χ0v) is 15.2. The fourth-order valence-electron chi connectivity index (χ4n) is 2.63. The Morgan fingerprint density at radius 1 is 1.13 bits per heavy atom. The number of anilines is 1. The normalized spacial score (nSPS) is 12.1. The Morgan fingerprint density at radius 3 is 2.43 bits per heavy atom. The van der Waals surface area contributed by atoms with E-state index in [9.17, 15) is 26.3 Å². The second-order valence-corrected chi connectivity index (χ2v) is 6.19. The van der Waals surface area contributed by atoms with Crippen LogP contribution in [-0.4, -0.2) is 32.7 Å². The number of nitriles is 1. The standard InChI is InChI=1S/C17H12F6N6O/c1-28-5-4-13(27-28)15-26-25-14(30-15)8-29(9-16(18,19)20)11-3-2-10(7-24)12(6-11)17(21,22)23/h2-6H,8-9H2,1H3. The summed E-state index contributed by atoms with van der Waals surface area (Å²) in [7, 11) is 1.63. The van der Waals surface area contributed by atoms with Crippen LogP contribution < -0.4 is 4.90 Å². The number of hydrogen-bond donors (Lipinski definition) is 0. The highest BCUT2D eigenvalue weighted by Crippen LogP contribution is 2.35. The van der Waals surface area contributed by atoms with Crippen LogP contribution in [-0.2, 0) is 19.8 Å². The SMILES string of the molecule is Cn1ccc(-c2nnc(CN(CC(F)(F)F)c3ccc(C#N)c(C(F)(F)F)c3)o2)n1. The predicted octanol–water partition coefficient (Wildman–Crippen LogP) is 3.93. The second kappa shape index (κ2) is 7.69. The van der Waals surface area contributed by atoms with Gasteiger partial charge in [-0.2, -0.15) is 36.7 Å². The third-order valence-electron chi connectivity index (χ3n) is 3.89. The van der Waals surface area contributed by atoms with E-state index < -0.39 is 42.3 Å². The number of rotatable bonds is 5. The third kappa shape index (κ3) is 4.88. The van der Waals surface area contributed by atoms with E-state index in [2.05, 4.69) is 15.3 Å². The maximum atomic E-state index is 13.2. The number of benzene rings is 1. The maximum absolute atomic E-state index is 13.2. The van der Waals surface area contributed by atoms with Gasteiger partial charge in [-0.15, -0.1) is 10.2 Å². The monoisotopic (exact) mass is 430 g/mol. The van der Waals surface area contributed by atoms with Crippen LogP contribution in [0, 0.1) is 11.3 Å². The first-order chi connectivity index (χ1) is 14.0. The zero-order chi connectivity index (χ0) is 22.1. The van der Waals surface area contributed by atoms with E-state index in [1.165, 1.54) is 10.8 Å². The molecular weight excluding hydrogens is 418 g/mol. The van der Waals surface area contributed by atoms with E-state index >= 15 is 0 Å². The molecule has 0 fully saturated rings. The van der Waals surface area contributed by atoms with Crippen molar-refractivity contribution >= 4 is 5.69 Å². The highest BCUT2D eigenvalue weighted by molar-refractivity contribution is 5.55. The van der Waals surface area contributed by atoms with Crippen molar-refractivity contribution in [2.45, 2.75) is 18.9 Å². The maximum Gasteiger partial charge on any atom is 0.417 e. The Morgan fingerprint density at radius 2 is 1.87 bits per heavy atom. The average molecular weight is 430 g/mol. The van der Waals surface area contributed by atoms with Gasteiger partial charge in [0.1, 0.15) is 12.2 Å². The largest absolute Gasteiger partial charge is 0.417 e. The van der Waals surface area contributed by atoms with Crippen molar-refractivity contribution in [3.8, 4) is 17.7 Å². The van der Waals surface area contributed by atoms with Crippen LogP contribution in [0.1, 0.15) is 17.0 Å². The molecule has 13 heteroatoms. The molecule has 0 atom stereocenters. The molecule has 0 unspecified atom stereocenters. The van der Waals surface area contributed by atoms with E-state index in [4.69, 9.17) is 9.68 Å². The minimum atomic E-state index is -4.92. The Bertz CT molecular complexity index is 1080. The van der Waals surface area contributed by atoms with Crippen LogP contribution in [0.3, 0.4) is 0 Å². The molecule has 158 valence electrons. The highest BCUT2D eigenvalue weighted by atomic mass is 19.4. The minimum absolute atomic E-state index is 0.0478. The van der Waals surface area contributed by atoms with Gasteiger partial charge in [0.15, 0.2) is 0 Å². The van der Waals surface area contributed by atoms with E-state index in [1.807, 2.05) is 0 Å². The summed E-state index contributed by atoms with van der Waals surface area (Å²) < 4.78 is 85.5. The topological polar surface area (TPSA) is 83.8 Å². The highest BCUT2D eigenvalue weighted by Gasteiger charge is 2.36. The molecule has 30 heavy (non-hydrogen) atoms. The molecule has 0 bridgehead atoms. The second-order valence-electron chi connectivity index (χ2n) is 6.19. The van der Waals surface area contributed by atoms with Crippen LogP contribution >= 0.6 is 0 Å². The van der Waals surface area contributed by atoms with E-state index in [1.54, 1.807) is 19.3 Å². The molecule has 3 aromatic rings. The minimum Gasteiger partial charge on any atom is -0.417 e. The van der Waals surface area contributed by atoms with Gasteiger partial charge in [0.2, 0.25) is 5.89 Å². The first kappa shape index (κ1) is 21.2. The van der Waals surface area contributed by atoms with Gasteiger partial charge in [0.05, 0.1) is 23.7 Å². The molecule has 0 aliphatic heterocycles. The summed E-state index contributed by atoms with van der Waals surface area (Å²) in [6, 6.07) is 5.22. The lowest BCUT2D eigenvalue weighted by Gasteiger charge is -2.25. The number of hydrogen-bond acceptors (Lipinski definition) is 6. The Balaban J connectivity index is 1.95. The van der Waals surface area contributed by atoms with Gasteiger partial charge in [-0.25, -0.2) is 0 Å². The number of halogens is 6. The molecule has 1 aromatic carbocycles. The molecule has 2 heterocycles. The van der Waals surface area contributed by atoms with Crippen molar-refractivity contribution in [1.82, 2.24) is 20.0 Å². The van der Waals surface area contributed by atoms with Gasteiger partial charge < -0.3 is 9.32 Å². The lowest BCUT2D eigenvalue weighted by Crippen LogP contribution is -2.34. The molecule has 7 nitrogen and oxygen atoms in total. The van der Waals surface area contributed by atoms with Crippen LogP contribution in [0.4, 0.5) is 32.0 Å². The Kier molecular flexibility index (Phi) is 5.43. The summed E-state index contributed by atoms with van der Waals surface area (Å²) >= 11 is 0. The van der Waals surface area contributed by atoms with Gasteiger partial charge in [-0.1, -0.05) is 0 Å². The summed E-state index contributed by atoms with van der Waals surface area (Å²) in [5, 5.41) is 20.2. The third-order valence-corrected chi connectivity index (χ3v) is 3.89. The first-order valence-corrected chi connectivity index (χ1v) is 8.22. The van der Waals surface area contributed by atoms with Gasteiger partial charge in [0.25, 0.3) is 5.89 Å². The Hall–Kier alpha value is -3.56. The van der Waals surface area contributed by atoms with Crippen LogP contribution in [0.25, 0.3) is 11.6 Å². The molecule has 3 rings (SSSR count). The lowest BCUT2D eigenvalue weighted by molar-refractivity contribution is -0.137. The molecule has 0 aliphatic rings. The Labute approximate surface area is 165 Å². The summed E-state index contributed by atoms with van der Waals surface area (Å²) in [6.07, 6.45) is -8.05. The lowest BCUT2D eigenvalue weighted by atomic mass is 10.1. The molecule has 0 saturated carbocycles. The molecule has 0 saturated heterocycles. The summed E-state index contributed by atoms with van der Waals surface area (Å²) in [4.78, 5) is 0.603. The average Bonchev–Trinajstić information content (AvgIpc) is 3.27. The van der Waals surface area contributed by atoms with E-state index in [0.29, 0.717) is 11.0 Å². The van der Waals surface area contributed by atoms with Crippen molar-refractivity contribution < 1.29 is 30.8 Å². The summed E-state index contributed by atoms with van der Waals surface area (Å²) in [5.74, 6) is -0.300. The van der Waals surface area contributed by atoms with Crippen molar-refractivity contribution in [3.63, 3.8) is 0 Å². The van der Waals surface area contributed by atoms with Gasteiger partial charge in [-0.3, -0.25) is 4.68 Å². The number of nitrogens with zero attached hydrogens (tertiary/aromatic N) is 6. The fourth-order valence-corrected chi connectivity index (χ4v) is 2.63. The molecule has 0 radical (unpaired) electrons. The quantitative estimate of drug-likeness (QED) is 0.571. The molecule has 0 amide bonds. The smallest absolute Gasteiger partial charge is 0.417 e. The van der Waals surface area contributed by atoms with Gasteiger partial charge >= 0.3 is 12.4 Å².